The van der Waals surface area contributed by atoms with E-state index in [-0.39, 0.29) is 51.0 Å². The molecule has 0 fully saturated rings. The van der Waals surface area contributed by atoms with E-state index in [0.29, 0.717) is 5.92 Å². The second kappa shape index (κ2) is 12.0. The second-order valence-corrected chi connectivity index (χ2v) is 7.34. The minimum absolute atomic E-state index is 0. The number of hydrogen-bond acceptors (Lipinski definition) is 0. The van der Waals surface area contributed by atoms with E-state index in [0.717, 1.165) is 0 Å². The smallest absolute Gasteiger partial charge is 1.00 e. The van der Waals surface area contributed by atoms with Gasteiger partial charge in [0.25, 0.3) is 0 Å². The molecule has 0 aromatic heterocycles. The van der Waals surface area contributed by atoms with Gasteiger partial charge in [0.15, 0.2) is 0 Å². The van der Waals surface area contributed by atoms with Gasteiger partial charge in [0, 0.05) is 0 Å². The Morgan fingerprint density at radius 1 is 0.759 bits per heavy atom. The van der Waals surface area contributed by atoms with Crippen LogP contribution in [0.25, 0.3) is 5.57 Å². The molecular weight excluding hydrogens is 474 g/mol. The average Bonchev–Trinajstić information content (AvgIpc) is 3.10. The second-order valence-electron chi connectivity index (χ2n) is 7.34. The Kier molecular flexibility index (Phi) is 11.6. The minimum Gasteiger partial charge on any atom is -1.00 e. The predicted octanol–water partition coefficient (Wildman–Crippen LogP) is 0.992. The molecule has 1 atom stereocenters. The van der Waals surface area contributed by atoms with Gasteiger partial charge in [0.2, 0.25) is 0 Å². The Balaban J connectivity index is 0.000000535. The van der Waals surface area contributed by atoms with Crippen LogP contribution in [0.15, 0.2) is 54.6 Å². The van der Waals surface area contributed by atoms with Crippen LogP contribution >= 0.6 is 0 Å². The summed E-state index contributed by atoms with van der Waals surface area (Å²) < 4.78 is 0. The number of fused-ring (bicyclic) bond motifs is 1. The summed E-state index contributed by atoms with van der Waals surface area (Å²) in [7, 11) is 0. The molecule has 0 N–H and O–H groups in total. The molecule has 0 bridgehead atoms. The fourth-order valence-electron chi connectivity index (χ4n) is 3.74. The van der Waals surface area contributed by atoms with Gasteiger partial charge < -0.3 is 24.8 Å². The molecule has 1 aliphatic rings. The largest absolute Gasteiger partial charge is 4.00 e. The fraction of sp³-hybridized carbons (Fsp3) is 0.269. The Hall–Kier alpha value is -1.01. The van der Waals surface area contributed by atoms with Crippen molar-refractivity contribution < 1.29 is 51.0 Å². The number of allylic oxidation sites excluding steroid dienone is 1. The molecule has 0 saturated heterocycles. The van der Waals surface area contributed by atoms with E-state index in [1.807, 2.05) is 0 Å². The summed E-state index contributed by atoms with van der Waals surface area (Å²) in [5, 5.41) is 0. The van der Waals surface area contributed by atoms with Crippen LogP contribution in [0.5, 0.6) is 0 Å². The SMILES string of the molecule is CC1C(c2ccccc2)=[C-]c2ccccc21.Cc1c(C)c(C)[c-](C)c1C.[Cl-].[Cl-].[Zr+4]. The van der Waals surface area contributed by atoms with Gasteiger partial charge >= 0.3 is 26.2 Å². The van der Waals surface area contributed by atoms with E-state index in [1.165, 1.54) is 50.1 Å². The number of halogens is 2. The predicted molar refractivity (Wildman–Crippen MR) is 113 cm³/mol. The molecule has 1 aliphatic carbocycles. The summed E-state index contributed by atoms with van der Waals surface area (Å²) >= 11 is 0. The van der Waals surface area contributed by atoms with Crippen LogP contribution in [0.3, 0.4) is 0 Å². The molecule has 3 aromatic carbocycles. The van der Waals surface area contributed by atoms with Gasteiger partial charge in [-0.1, -0.05) is 83.5 Å². The van der Waals surface area contributed by atoms with Crippen LogP contribution in [0, 0.1) is 40.7 Å². The molecule has 4 rings (SSSR count). The summed E-state index contributed by atoms with van der Waals surface area (Å²) in [5.74, 6) is 0.457. The molecule has 0 amide bonds. The van der Waals surface area contributed by atoms with Crippen molar-refractivity contribution in [3.05, 3.63) is 105 Å². The van der Waals surface area contributed by atoms with Gasteiger partial charge in [0.05, 0.1) is 0 Å². The first-order chi connectivity index (χ1) is 12.4. The molecule has 0 spiro atoms. The van der Waals surface area contributed by atoms with Crippen molar-refractivity contribution in [2.24, 2.45) is 0 Å². The Morgan fingerprint density at radius 3 is 1.69 bits per heavy atom. The zero-order valence-electron chi connectivity index (χ0n) is 18.0. The molecule has 0 nitrogen and oxygen atoms in total. The number of rotatable bonds is 1. The van der Waals surface area contributed by atoms with Crippen molar-refractivity contribution in [1.82, 2.24) is 0 Å². The van der Waals surface area contributed by atoms with Gasteiger partial charge in [-0.25, -0.2) is 0 Å². The van der Waals surface area contributed by atoms with Crippen molar-refractivity contribution in [3.8, 4) is 0 Å². The molecule has 29 heavy (non-hydrogen) atoms. The van der Waals surface area contributed by atoms with Gasteiger partial charge in [0.1, 0.15) is 0 Å². The maximum atomic E-state index is 3.52. The van der Waals surface area contributed by atoms with Crippen LogP contribution in [-0.2, 0) is 26.2 Å². The van der Waals surface area contributed by atoms with E-state index in [9.17, 15) is 0 Å². The molecular formula is C26H28Cl2Zr. The molecule has 0 saturated carbocycles. The van der Waals surface area contributed by atoms with Gasteiger partial charge in [-0.15, -0.1) is 41.0 Å². The number of benzene rings is 2. The van der Waals surface area contributed by atoms with Crippen molar-refractivity contribution in [2.75, 3.05) is 0 Å². The molecule has 3 heteroatoms. The quantitative estimate of drug-likeness (QED) is 0.436. The molecule has 3 aromatic rings. The first kappa shape index (κ1) is 28.0. The summed E-state index contributed by atoms with van der Waals surface area (Å²) in [5.41, 5.74) is 12.6. The summed E-state index contributed by atoms with van der Waals surface area (Å²) in [6.07, 6.45) is 3.52. The zero-order valence-corrected chi connectivity index (χ0v) is 22.0. The topological polar surface area (TPSA) is 0 Å². The van der Waals surface area contributed by atoms with Crippen molar-refractivity contribution in [1.29, 1.82) is 0 Å². The fourth-order valence-corrected chi connectivity index (χ4v) is 3.74. The summed E-state index contributed by atoms with van der Waals surface area (Å²) in [6, 6.07) is 19.0. The first-order valence-electron chi connectivity index (χ1n) is 9.39. The van der Waals surface area contributed by atoms with E-state index >= 15 is 0 Å². The van der Waals surface area contributed by atoms with Crippen LogP contribution in [0.2, 0.25) is 0 Å². The van der Waals surface area contributed by atoms with Gasteiger partial charge in [-0.3, -0.25) is 0 Å². The van der Waals surface area contributed by atoms with Crippen molar-refractivity contribution in [3.63, 3.8) is 0 Å². The maximum Gasteiger partial charge on any atom is 4.00 e. The van der Waals surface area contributed by atoms with E-state index in [4.69, 9.17) is 0 Å². The van der Waals surface area contributed by atoms with Crippen LogP contribution in [0.4, 0.5) is 0 Å². The van der Waals surface area contributed by atoms with Crippen LogP contribution in [-0.4, -0.2) is 0 Å². The minimum atomic E-state index is 0. The normalized spacial score (nSPS) is 13.6. The third-order valence-corrected chi connectivity index (χ3v) is 6.03. The first-order valence-corrected chi connectivity index (χ1v) is 9.39. The Bertz CT molecular complexity index is 872. The Morgan fingerprint density at radius 2 is 1.24 bits per heavy atom. The van der Waals surface area contributed by atoms with Gasteiger partial charge in [-0.05, 0) is 5.92 Å². The monoisotopic (exact) mass is 500 g/mol. The third-order valence-electron chi connectivity index (χ3n) is 6.03. The van der Waals surface area contributed by atoms with E-state index in [1.54, 1.807) is 0 Å². The molecule has 0 heterocycles. The van der Waals surface area contributed by atoms with Gasteiger partial charge in [-0.2, -0.15) is 27.8 Å². The zero-order chi connectivity index (χ0) is 18.8. The molecule has 150 valence electrons. The van der Waals surface area contributed by atoms with Crippen molar-refractivity contribution >= 4 is 5.57 Å². The maximum absolute atomic E-state index is 3.52. The van der Waals surface area contributed by atoms with Crippen LogP contribution < -0.4 is 24.8 Å². The summed E-state index contributed by atoms with van der Waals surface area (Å²) in [6.45, 7) is 13.2. The third kappa shape index (κ3) is 5.78. The van der Waals surface area contributed by atoms with Crippen LogP contribution in [0.1, 0.15) is 57.3 Å². The van der Waals surface area contributed by atoms with Crippen molar-refractivity contribution in [2.45, 2.75) is 47.5 Å². The molecule has 0 radical (unpaired) electrons. The average molecular weight is 503 g/mol. The van der Waals surface area contributed by atoms with E-state index in [2.05, 4.69) is 102 Å². The molecule has 1 unspecified atom stereocenters. The Labute approximate surface area is 208 Å². The molecule has 0 aliphatic heterocycles. The van der Waals surface area contributed by atoms with E-state index < -0.39 is 0 Å². The number of hydrogen-bond donors (Lipinski definition) is 0. The summed E-state index contributed by atoms with van der Waals surface area (Å²) in [4.78, 5) is 0. The standard InChI is InChI=1S/C16H13.C10H15.2ClH.Zr/c1-12-15-10-6-5-9-14(15)11-16(12)13-7-3-2-4-8-13;1-6-7(2)9(4)10(5)8(6)3;;;/h2-10,12H,1H3;1-5H3;2*1H;/q2*-1;;;+4/p-2.